The lowest BCUT2D eigenvalue weighted by Crippen LogP contribution is -2.40. The first kappa shape index (κ1) is 18.2. The first-order valence-electron chi connectivity index (χ1n) is 9.41. The molecule has 8 nitrogen and oxygen atoms in total. The van der Waals surface area contributed by atoms with Crippen LogP contribution in [0.4, 0.5) is 0 Å². The van der Waals surface area contributed by atoms with Crippen LogP contribution in [0.25, 0.3) is 11.4 Å². The average molecular weight is 378 g/mol. The van der Waals surface area contributed by atoms with E-state index in [9.17, 15) is 4.79 Å². The number of nitrogens with one attached hydrogen (secondary N) is 1. The molecule has 1 amide bonds. The number of pyridine rings is 2. The lowest BCUT2D eigenvalue weighted by Gasteiger charge is -2.30. The molecule has 1 aliphatic heterocycles. The van der Waals surface area contributed by atoms with Gasteiger partial charge in [0.25, 0.3) is 0 Å². The second-order valence-electron chi connectivity index (χ2n) is 6.84. The van der Waals surface area contributed by atoms with Crippen molar-refractivity contribution in [1.29, 1.82) is 0 Å². The Balaban J connectivity index is 1.24. The molecule has 1 aliphatic rings. The maximum atomic E-state index is 12.4. The SMILES string of the molecule is O=C(NCc1ccccn1)C1CCN(Cc2nc(-c3ccncc3)no2)CC1. The van der Waals surface area contributed by atoms with Gasteiger partial charge in [-0.2, -0.15) is 4.98 Å². The molecule has 8 heteroatoms. The third-order valence-corrected chi connectivity index (χ3v) is 4.89. The van der Waals surface area contributed by atoms with Crippen LogP contribution in [0.1, 0.15) is 24.4 Å². The van der Waals surface area contributed by atoms with E-state index in [4.69, 9.17) is 4.52 Å². The van der Waals surface area contributed by atoms with E-state index in [0.717, 1.165) is 37.2 Å². The minimum atomic E-state index is 0.0371. The Morgan fingerprint density at radius 2 is 1.96 bits per heavy atom. The first-order valence-corrected chi connectivity index (χ1v) is 9.41. The molecule has 0 aromatic carbocycles. The summed E-state index contributed by atoms with van der Waals surface area (Å²) >= 11 is 0. The highest BCUT2D eigenvalue weighted by atomic mass is 16.5. The van der Waals surface area contributed by atoms with Gasteiger partial charge in [-0.25, -0.2) is 0 Å². The summed E-state index contributed by atoms with van der Waals surface area (Å²) in [5, 5.41) is 7.03. The van der Waals surface area contributed by atoms with Crippen molar-refractivity contribution in [3.8, 4) is 11.4 Å². The van der Waals surface area contributed by atoms with Crippen molar-refractivity contribution in [1.82, 2.24) is 30.3 Å². The fraction of sp³-hybridized carbons (Fsp3) is 0.350. The van der Waals surface area contributed by atoms with Crippen LogP contribution in [0.5, 0.6) is 0 Å². The summed E-state index contributed by atoms with van der Waals surface area (Å²) in [6.07, 6.45) is 6.78. The van der Waals surface area contributed by atoms with Gasteiger partial charge in [0.15, 0.2) is 0 Å². The van der Waals surface area contributed by atoms with Crippen LogP contribution in [-0.4, -0.2) is 44.0 Å². The van der Waals surface area contributed by atoms with Crippen LogP contribution in [0.2, 0.25) is 0 Å². The smallest absolute Gasteiger partial charge is 0.241 e. The fourth-order valence-corrected chi connectivity index (χ4v) is 3.31. The minimum Gasteiger partial charge on any atom is -0.350 e. The number of nitrogens with zero attached hydrogens (tertiary/aromatic N) is 5. The molecular formula is C20H22N6O2. The molecule has 4 heterocycles. The number of rotatable bonds is 6. The van der Waals surface area contributed by atoms with Crippen molar-refractivity contribution in [3.05, 3.63) is 60.5 Å². The molecule has 144 valence electrons. The molecule has 28 heavy (non-hydrogen) atoms. The number of carbonyl (C=O) groups is 1. The highest BCUT2D eigenvalue weighted by Gasteiger charge is 2.26. The summed E-state index contributed by atoms with van der Waals surface area (Å²) in [4.78, 5) is 27.3. The Morgan fingerprint density at radius 3 is 2.71 bits per heavy atom. The highest BCUT2D eigenvalue weighted by molar-refractivity contribution is 5.78. The third kappa shape index (κ3) is 4.58. The number of amides is 1. The van der Waals surface area contributed by atoms with E-state index in [0.29, 0.717) is 24.8 Å². The molecule has 0 radical (unpaired) electrons. The van der Waals surface area contributed by atoms with Crippen LogP contribution in [0.15, 0.2) is 53.4 Å². The predicted octanol–water partition coefficient (Wildman–Crippen LogP) is 2.05. The Labute approximate surface area is 163 Å². The van der Waals surface area contributed by atoms with Gasteiger partial charge in [-0.15, -0.1) is 0 Å². The number of carbonyl (C=O) groups excluding carboxylic acids is 1. The Kier molecular flexibility index (Phi) is 5.67. The molecule has 0 bridgehead atoms. The number of aromatic nitrogens is 4. The van der Waals surface area contributed by atoms with E-state index in [1.165, 1.54) is 0 Å². The number of likely N-dealkylation sites (tertiary alicyclic amines) is 1. The van der Waals surface area contributed by atoms with Gasteiger partial charge in [0, 0.05) is 30.1 Å². The normalized spacial score (nSPS) is 15.4. The van der Waals surface area contributed by atoms with Gasteiger partial charge in [-0.3, -0.25) is 19.7 Å². The zero-order valence-corrected chi connectivity index (χ0v) is 15.5. The van der Waals surface area contributed by atoms with E-state index >= 15 is 0 Å². The van der Waals surface area contributed by atoms with E-state index in [2.05, 4.69) is 30.3 Å². The van der Waals surface area contributed by atoms with Gasteiger partial charge in [-0.05, 0) is 50.2 Å². The molecule has 0 saturated carbocycles. The summed E-state index contributed by atoms with van der Waals surface area (Å²) in [6, 6.07) is 9.40. The molecule has 1 N–H and O–H groups in total. The van der Waals surface area contributed by atoms with Crippen LogP contribution >= 0.6 is 0 Å². The second kappa shape index (κ2) is 8.71. The zero-order chi connectivity index (χ0) is 19.2. The molecule has 0 atom stereocenters. The molecule has 3 aromatic rings. The lowest BCUT2D eigenvalue weighted by atomic mass is 9.96. The van der Waals surface area contributed by atoms with Crippen molar-refractivity contribution in [3.63, 3.8) is 0 Å². The van der Waals surface area contributed by atoms with Crippen LogP contribution in [-0.2, 0) is 17.9 Å². The molecule has 0 spiro atoms. The maximum absolute atomic E-state index is 12.4. The summed E-state index contributed by atoms with van der Waals surface area (Å²) in [5.41, 5.74) is 1.75. The Hall–Kier alpha value is -3.13. The highest BCUT2D eigenvalue weighted by Crippen LogP contribution is 2.20. The quantitative estimate of drug-likeness (QED) is 0.701. The van der Waals surface area contributed by atoms with Gasteiger partial charge in [0.05, 0.1) is 18.8 Å². The van der Waals surface area contributed by atoms with E-state index in [1.807, 2.05) is 30.3 Å². The van der Waals surface area contributed by atoms with Gasteiger partial charge in [0.2, 0.25) is 17.6 Å². The summed E-state index contributed by atoms with van der Waals surface area (Å²) < 4.78 is 5.37. The third-order valence-electron chi connectivity index (χ3n) is 4.89. The Morgan fingerprint density at radius 1 is 1.14 bits per heavy atom. The van der Waals surface area contributed by atoms with Gasteiger partial charge < -0.3 is 9.84 Å². The maximum Gasteiger partial charge on any atom is 0.241 e. The van der Waals surface area contributed by atoms with E-state index in [-0.39, 0.29) is 11.8 Å². The monoisotopic (exact) mass is 378 g/mol. The van der Waals surface area contributed by atoms with Gasteiger partial charge in [0.1, 0.15) is 0 Å². The van der Waals surface area contributed by atoms with E-state index < -0.39 is 0 Å². The average Bonchev–Trinajstić information content (AvgIpc) is 3.22. The summed E-state index contributed by atoms with van der Waals surface area (Å²) in [7, 11) is 0. The Bertz CT molecular complexity index is 891. The molecule has 4 rings (SSSR count). The molecule has 1 fully saturated rings. The molecule has 1 saturated heterocycles. The van der Waals surface area contributed by atoms with Crippen molar-refractivity contribution in [2.75, 3.05) is 13.1 Å². The van der Waals surface area contributed by atoms with Crippen LogP contribution < -0.4 is 5.32 Å². The molecular weight excluding hydrogens is 356 g/mol. The van der Waals surface area contributed by atoms with Crippen molar-refractivity contribution in [2.24, 2.45) is 5.92 Å². The molecule has 3 aromatic heterocycles. The van der Waals surface area contributed by atoms with Gasteiger partial charge in [-0.1, -0.05) is 11.2 Å². The minimum absolute atomic E-state index is 0.0371. The number of hydrogen-bond donors (Lipinski definition) is 1. The van der Waals surface area contributed by atoms with Crippen LogP contribution in [0, 0.1) is 5.92 Å². The van der Waals surface area contributed by atoms with E-state index in [1.54, 1.807) is 18.6 Å². The largest absolute Gasteiger partial charge is 0.350 e. The van der Waals surface area contributed by atoms with Crippen molar-refractivity contribution >= 4 is 5.91 Å². The zero-order valence-electron chi connectivity index (χ0n) is 15.5. The van der Waals surface area contributed by atoms with Crippen molar-refractivity contribution in [2.45, 2.75) is 25.9 Å². The number of hydrogen-bond acceptors (Lipinski definition) is 7. The van der Waals surface area contributed by atoms with Crippen LogP contribution in [0.3, 0.4) is 0 Å². The summed E-state index contributed by atoms with van der Waals surface area (Å²) in [6.45, 7) is 2.73. The molecule has 0 unspecified atom stereocenters. The fourth-order valence-electron chi connectivity index (χ4n) is 3.31. The second-order valence-corrected chi connectivity index (χ2v) is 6.84. The van der Waals surface area contributed by atoms with Gasteiger partial charge >= 0.3 is 0 Å². The topological polar surface area (TPSA) is 97.0 Å². The number of piperidine rings is 1. The summed E-state index contributed by atoms with van der Waals surface area (Å²) in [5.74, 6) is 1.30. The standard InChI is InChI=1S/C20H22N6O2/c27-20(23-13-17-3-1-2-8-22-17)16-6-11-26(12-7-16)14-18-24-19(25-28-18)15-4-9-21-10-5-15/h1-5,8-10,16H,6-7,11-14H2,(H,23,27). The lowest BCUT2D eigenvalue weighted by molar-refractivity contribution is -0.126. The molecule has 0 aliphatic carbocycles. The first-order chi connectivity index (χ1) is 13.8. The van der Waals surface area contributed by atoms with Crippen molar-refractivity contribution < 1.29 is 9.32 Å². The predicted molar refractivity (Wildman–Crippen MR) is 102 cm³/mol.